The van der Waals surface area contributed by atoms with Gasteiger partial charge >= 0.3 is 6.03 Å². The zero-order valence-corrected chi connectivity index (χ0v) is 17.4. The highest BCUT2D eigenvalue weighted by Crippen LogP contribution is 2.16. The van der Waals surface area contributed by atoms with Crippen LogP contribution in [0.2, 0.25) is 0 Å². The Morgan fingerprint density at radius 1 is 0.909 bits per heavy atom. The molecule has 0 aliphatic carbocycles. The minimum atomic E-state index is -0.493. The minimum absolute atomic E-state index is 0.00970. The highest BCUT2D eigenvalue weighted by atomic mass is 16.2. The lowest BCUT2D eigenvalue weighted by atomic mass is 10.2. The molecule has 10 heteroatoms. The Balaban J connectivity index is 1.29. The van der Waals surface area contributed by atoms with Crippen LogP contribution in [0.15, 0.2) is 67.0 Å². The molecule has 1 aliphatic heterocycles. The van der Waals surface area contributed by atoms with E-state index in [1.807, 2.05) is 30.3 Å². The van der Waals surface area contributed by atoms with Crippen LogP contribution >= 0.6 is 0 Å². The number of rotatable bonds is 7. The zero-order valence-electron chi connectivity index (χ0n) is 17.4. The van der Waals surface area contributed by atoms with Crippen LogP contribution in [0.5, 0.6) is 0 Å². The van der Waals surface area contributed by atoms with E-state index in [0.29, 0.717) is 22.8 Å². The van der Waals surface area contributed by atoms with Crippen molar-refractivity contribution in [1.82, 2.24) is 20.2 Å². The molecule has 33 heavy (non-hydrogen) atoms. The van der Waals surface area contributed by atoms with Crippen molar-refractivity contribution in [2.45, 2.75) is 6.42 Å². The molecule has 1 aromatic heterocycles. The van der Waals surface area contributed by atoms with Gasteiger partial charge in [0.25, 0.3) is 5.91 Å². The number of hydrogen-bond acceptors (Lipinski definition) is 6. The molecule has 0 radical (unpaired) electrons. The number of benzene rings is 2. The van der Waals surface area contributed by atoms with E-state index in [0.717, 1.165) is 10.5 Å². The maximum absolute atomic E-state index is 12.5. The molecule has 5 amide bonds. The van der Waals surface area contributed by atoms with Crippen LogP contribution in [-0.2, 0) is 9.59 Å². The quantitative estimate of drug-likeness (QED) is 0.479. The summed E-state index contributed by atoms with van der Waals surface area (Å²) in [5.41, 5.74) is 2.22. The number of nitrogens with one attached hydrogen (secondary N) is 3. The molecular weight excluding hydrogens is 424 g/mol. The summed E-state index contributed by atoms with van der Waals surface area (Å²) in [5.74, 6) is -0.523. The molecule has 1 aliphatic rings. The fourth-order valence-electron chi connectivity index (χ4n) is 3.14. The van der Waals surface area contributed by atoms with Gasteiger partial charge in [0.15, 0.2) is 5.82 Å². The van der Waals surface area contributed by atoms with Crippen molar-refractivity contribution in [2.75, 3.05) is 23.7 Å². The topological polar surface area (TPSA) is 133 Å². The molecule has 166 valence electrons. The van der Waals surface area contributed by atoms with Gasteiger partial charge in [-0.25, -0.2) is 14.8 Å². The molecule has 0 bridgehead atoms. The van der Waals surface area contributed by atoms with Gasteiger partial charge in [0.1, 0.15) is 0 Å². The summed E-state index contributed by atoms with van der Waals surface area (Å²) >= 11 is 0. The van der Waals surface area contributed by atoms with Gasteiger partial charge < -0.3 is 16.0 Å². The summed E-state index contributed by atoms with van der Waals surface area (Å²) in [7, 11) is 0. The van der Waals surface area contributed by atoms with E-state index in [4.69, 9.17) is 0 Å². The zero-order chi connectivity index (χ0) is 23.2. The Labute approximate surface area is 189 Å². The standard InChI is InChI=1S/C23H20N6O4/c30-19(10-11-29-20(31)14-26-23(29)33)27-17-6-8-18(9-7-17)28-22(32)16-12-24-21(25-13-16)15-4-2-1-3-5-15/h1-9,12-13H,10-11,14H2,(H,26,33)(H,27,30)(H,28,32). The summed E-state index contributed by atoms with van der Waals surface area (Å²) < 4.78 is 0. The maximum atomic E-state index is 12.5. The SMILES string of the molecule is O=C(CCN1C(=O)CNC1=O)Nc1ccc(NC(=O)c2cnc(-c3ccccc3)nc2)cc1. The third-order valence-electron chi connectivity index (χ3n) is 4.87. The predicted molar refractivity (Wildman–Crippen MR) is 120 cm³/mol. The molecule has 10 nitrogen and oxygen atoms in total. The molecule has 0 unspecified atom stereocenters. The Morgan fingerprint density at radius 2 is 1.55 bits per heavy atom. The summed E-state index contributed by atoms with van der Waals surface area (Å²) in [4.78, 5) is 57.1. The van der Waals surface area contributed by atoms with Crippen molar-refractivity contribution in [1.29, 1.82) is 0 Å². The fraction of sp³-hybridized carbons (Fsp3) is 0.130. The number of hydrogen-bond donors (Lipinski definition) is 3. The molecule has 0 saturated carbocycles. The fourth-order valence-corrected chi connectivity index (χ4v) is 3.14. The van der Waals surface area contributed by atoms with Crippen LogP contribution in [0.3, 0.4) is 0 Å². The van der Waals surface area contributed by atoms with Gasteiger partial charge in [0.2, 0.25) is 11.8 Å². The average molecular weight is 444 g/mol. The second-order valence-electron chi connectivity index (χ2n) is 7.20. The minimum Gasteiger partial charge on any atom is -0.329 e. The van der Waals surface area contributed by atoms with E-state index >= 15 is 0 Å². The Morgan fingerprint density at radius 3 is 2.15 bits per heavy atom. The maximum Gasteiger partial charge on any atom is 0.324 e. The number of aromatic nitrogens is 2. The first-order chi connectivity index (χ1) is 16.0. The number of imide groups is 1. The van der Waals surface area contributed by atoms with Gasteiger partial charge in [-0.2, -0.15) is 0 Å². The molecule has 0 atom stereocenters. The van der Waals surface area contributed by atoms with Gasteiger partial charge in [-0.1, -0.05) is 30.3 Å². The molecule has 2 heterocycles. The smallest absolute Gasteiger partial charge is 0.324 e. The van der Waals surface area contributed by atoms with Gasteiger partial charge in [-0.3, -0.25) is 19.3 Å². The van der Waals surface area contributed by atoms with Crippen LogP contribution in [0.4, 0.5) is 16.2 Å². The van der Waals surface area contributed by atoms with E-state index in [1.165, 1.54) is 12.4 Å². The Kier molecular flexibility index (Phi) is 6.35. The van der Waals surface area contributed by atoms with Crippen molar-refractivity contribution >= 4 is 35.1 Å². The van der Waals surface area contributed by atoms with Gasteiger partial charge in [-0.15, -0.1) is 0 Å². The Hall–Kier alpha value is -4.60. The van der Waals surface area contributed by atoms with Crippen LogP contribution < -0.4 is 16.0 Å². The monoisotopic (exact) mass is 444 g/mol. The molecular formula is C23H20N6O4. The van der Waals surface area contributed by atoms with Crippen molar-refractivity contribution < 1.29 is 19.2 Å². The molecule has 2 aromatic carbocycles. The third kappa shape index (κ3) is 5.37. The third-order valence-corrected chi connectivity index (χ3v) is 4.87. The number of amides is 5. The highest BCUT2D eigenvalue weighted by Gasteiger charge is 2.28. The normalized spacial score (nSPS) is 12.9. The van der Waals surface area contributed by atoms with Gasteiger partial charge in [-0.05, 0) is 24.3 Å². The van der Waals surface area contributed by atoms with Crippen molar-refractivity contribution in [3.05, 3.63) is 72.6 Å². The van der Waals surface area contributed by atoms with Crippen LogP contribution in [0, 0.1) is 0 Å². The van der Waals surface area contributed by atoms with Crippen LogP contribution in [0.1, 0.15) is 16.8 Å². The second kappa shape index (κ2) is 9.69. The number of nitrogens with zero attached hydrogens (tertiary/aromatic N) is 3. The summed E-state index contributed by atoms with van der Waals surface area (Å²) in [6.07, 6.45) is 2.91. The van der Waals surface area contributed by atoms with E-state index in [1.54, 1.807) is 24.3 Å². The molecule has 1 fully saturated rings. The Bertz CT molecular complexity index is 1160. The largest absolute Gasteiger partial charge is 0.329 e. The number of anilines is 2. The highest BCUT2D eigenvalue weighted by molar-refractivity contribution is 6.04. The summed E-state index contributed by atoms with van der Waals surface area (Å²) in [5, 5.41) is 7.84. The van der Waals surface area contributed by atoms with Crippen LogP contribution in [-0.4, -0.2) is 51.7 Å². The molecule has 1 saturated heterocycles. The lowest BCUT2D eigenvalue weighted by molar-refractivity contribution is -0.125. The number of carbonyl (C=O) groups is 4. The van der Waals surface area contributed by atoms with E-state index < -0.39 is 6.03 Å². The molecule has 3 N–H and O–H groups in total. The van der Waals surface area contributed by atoms with E-state index in [9.17, 15) is 19.2 Å². The average Bonchev–Trinajstić information content (AvgIpc) is 3.16. The van der Waals surface area contributed by atoms with Crippen molar-refractivity contribution in [3.8, 4) is 11.4 Å². The number of carbonyl (C=O) groups excluding carboxylic acids is 4. The predicted octanol–water partition coefficient (Wildman–Crippen LogP) is 2.28. The van der Waals surface area contributed by atoms with Crippen molar-refractivity contribution in [2.24, 2.45) is 0 Å². The van der Waals surface area contributed by atoms with E-state index in [2.05, 4.69) is 25.9 Å². The lowest BCUT2D eigenvalue weighted by Crippen LogP contribution is -2.33. The summed E-state index contributed by atoms with van der Waals surface area (Å²) in [6.45, 7) is -0.0350. The first-order valence-corrected chi connectivity index (χ1v) is 10.2. The lowest BCUT2D eigenvalue weighted by Gasteiger charge is -2.12. The van der Waals surface area contributed by atoms with Crippen molar-refractivity contribution in [3.63, 3.8) is 0 Å². The molecule has 4 rings (SSSR count). The summed E-state index contributed by atoms with van der Waals surface area (Å²) in [6, 6.07) is 15.5. The molecule has 0 spiro atoms. The molecule has 3 aromatic rings. The van der Waals surface area contributed by atoms with Gasteiger partial charge in [0, 0.05) is 42.3 Å². The number of urea groups is 1. The van der Waals surface area contributed by atoms with Gasteiger partial charge in [0.05, 0.1) is 12.1 Å². The van der Waals surface area contributed by atoms with E-state index in [-0.39, 0.29) is 37.2 Å². The second-order valence-corrected chi connectivity index (χ2v) is 7.20. The first-order valence-electron chi connectivity index (χ1n) is 10.2. The first kappa shape index (κ1) is 21.6. The van der Waals surface area contributed by atoms with Crippen LogP contribution in [0.25, 0.3) is 11.4 Å².